The number of ether oxygens (including phenoxy) is 3. The maximum atomic E-state index is 5.66. The number of rotatable bonds is 3. The lowest BCUT2D eigenvalue weighted by Gasteiger charge is -2.42. The molecule has 0 bridgehead atoms. The molecule has 1 aliphatic rings. The fraction of sp³-hybridized carbons (Fsp3) is 0.667. The number of terminal acetylenes is 1. The molecule has 1 saturated heterocycles. The first-order valence-corrected chi connectivity index (χ1v) is 4.99. The van der Waals surface area contributed by atoms with Gasteiger partial charge in [-0.1, -0.05) is 12.0 Å². The Morgan fingerprint density at radius 2 is 1.93 bits per heavy atom. The summed E-state index contributed by atoms with van der Waals surface area (Å²) in [6, 6.07) is 0. The number of methoxy groups -OCH3 is 2. The van der Waals surface area contributed by atoms with Gasteiger partial charge in [0, 0.05) is 20.1 Å². The summed E-state index contributed by atoms with van der Waals surface area (Å²) < 4.78 is 16.4. The normalized spacial score (nSPS) is 40.8. The van der Waals surface area contributed by atoms with Crippen LogP contribution in [0.15, 0.2) is 12.7 Å². The van der Waals surface area contributed by atoms with Crippen LogP contribution in [-0.2, 0) is 14.2 Å². The van der Waals surface area contributed by atoms with E-state index in [1.165, 1.54) is 0 Å². The molecular formula is C12H18O3. The summed E-state index contributed by atoms with van der Waals surface area (Å²) in [6.07, 6.45) is 6.54. The van der Waals surface area contributed by atoms with Gasteiger partial charge in [-0.2, -0.15) is 0 Å². The molecule has 5 atom stereocenters. The van der Waals surface area contributed by atoms with Crippen LogP contribution < -0.4 is 0 Å². The first kappa shape index (κ1) is 12.3. The van der Waals surface area contributed by atoms with Crippen LogP contribution in [0.2, 0.25) is 0 Å². The van der Waals surface area contributed by atoms with Crippen molar-refractivity contribution in [2.45, 2.75) is 31.3 Å². The molecule has 1 unspecified atom stereocenters. The fourth-order valence-corrected chi connectivity index (χ4v) is 2.07. The summed E-state index contributed by atoms with van der Waals surface area (Å²) in [7, 11) is 3.26. The molecule has 0 aromatic heterocycles. The molecule has 0 saturated carbocycles. The molecule has 0 radical (unpaired) electrons. The maximum absolute atomic E-state index is 5.66. The van der Waals surface area contributed by atoms with E-state index in [4.69, 9.17) is 20.6 Å². The van der Waals surface area contributed by atoms with E-state index in [1.807, 2.05) is 13.0 Å². The average molecular weight is 210 g/mol. The van der Waals surface area contributed by atoms with Crippen LogP contribution >= 0.6 is 0 Å². The van der Waals surface area contributed by atoms with Crippen molar-refractivity contribution in [1.82, 2.24) is 0 Å². The summed E-state index contributed by atoms with van der Waals surface area (Å²) in [5, 5.41) is 0. The molecule has 1 heterocycles. The van der Waals surface area contributed by atoms with Gasteiger partial charge in [0.1, 0.15) is 12.2 Å². The minimum Gasteiger partial charge on any atom is -0.378 e. The fourth-order valence-electron chi connectivity index (χ4n) is 2.07. The lowest BCUT2D eigenvalue weighted by Crippen LogP contribution is -2.54. The van der Waals surface area contributed by atoms with E-state index in [0.717, 1.165) is 0 Å². The zero-order valence-corrected chi connectivity index (χ0v) is 9.47. The zero-order valence-electron chi connectivity index (χ0n) is 9.47. The smallest absolute Gasteiger partial charge is 0.146 e. The molecule has 3 nitrogen and oxygen atoms in total. The zero-order chi connectivity index (χ0) is 11.4. The molecule has 0 aliphatic carbocycles. The van der Waals surface area contributed by atoms with Crippen molar-refractivity contribution in [3.8, 4) is 12.3 Å². The Labute approximate surface area is 91.4 Å². The van der Waals surface area contributed by atoms with E-state index in [2.05, 4.69) is 12.5 Å². The van der Waals surface area contributed by atoms with E-state index in [1.54, 1.807) is 14.2 Å². The highest BCUT2D eigenvalue weighted by Crippen LogP contribution is 2.29. The number of hydrogen-bond donors (Lipinski definition) is 0. The van der Waals surface area contributed by atoms with Crippen LogP contribution in [0.4, 0.5) is 0 Å². The van der Waals surface area contributed by atoms with E-state index < -0.39 is 0 Å². The molecular weight excluding hydrogens is 192 g/mol. The minimum absolute atomic E-state index is 0.0000926. The molecule has 1 aliphatic heterocycles. The summed E-state index contributed by atoms with van der Waals surface area (Å²) >= 11 is 0. The quantitative estimate of drug-likeness (QED) is 0.518. The van der Waals surface area contributed by atoms with Crippen LogP contribution in [0.5, 0.6) is 0 Å². The van der Waals surface area contributed by atoms with Gasteiger partial charge in [-0.15, -0.1) is 13.0 Å². The Morgan fingerprint density at radius 3 is 2.33 bits per heavy atom. The minimum atomic E-state index is -0.355. The van der Waals surface area contributed by atoms with E-state index in [9.17, 15) is 0 Å². The third-order valence-corrected chi connectivity index (χ3v) is 2.89. The molecule has 1 rings (SSSR count). The first-order valence-electron chi connectivity index (χ1n) is 4.99. The molecule has 0 N–H and O–H groups in total. The van der Waals surface area contributed by atoms with Crippen molar-refractivity contribution >= 4 is 0 Å². The molecule has 1 fully saturated rings. The van der Waals surface area contributed by atoms with E-state index in [-0.39, 0.29) is 30.3 Å². The van der Waals surface area contributed by atoms with Gasteiger partial charge >= 0.3 is 0 Å². The van der Waals surface area contributed by atoms with Gasteiger partial charge in [0.15, 0.2) is 0 Å². The van der Waals surface area contributed by atoms with Gasteiger partial charge in [-0.3, -0.25) is 0 Å². The number of hydrogen-bond acceptors (Lipinski definition) is 3. The highest BCUT2D eigenvalue weighted by molar-refractivity contribution is 5.09. The molecule has 0 amide bonds. The Bertz CT molecular complexity index is 256. The van der Waals surface area contributed by atoms with Gasteiger partial charge in [-0.25, -0.2) is 0 Å². The lowest BCUT2D eigenvalue weighted by atomic mass is 9.87. The van der Waals surface area contributed by atoms with Crippen molar-refractivity contribution in [2.24, 2.45) is 5.92 Å². The second-order valence-electron chi connectivity index (χ2n) is 3.64. The Kier molecular flexibility index (Phi) is 4.34. The average Bonchev–Trinajstić information content (AvgIpc) is 2.27. The van der Waals surface area contributed by atoms with Gasteiger partial charge < -0.3 is 14.2 Å². The molecule has 0 aromatic rings. The molecule has 15 heavy (non-hydrogen) atoms. The Balaban J connectivity index is 2.91. The van der Waals surface area contributed by atoms with Crippen molar-refractivity contribution in [3.63, 3.8) is 0 Å². The van der Waals surface area contributed by atoms with Crippen molar-refractivity contribution < 1.29 is 14.2 Å². The second-order valence-corrected chi connectivity index (χ2v) is 3.64. The van der Waals surface area contributed by atoms with Crippen molar-refractivity contribution in [1.29, 1.82) is 0 Å². The van der Waals surface area contributed by atoms with Gasteiger partial charge in [0.05, 0.1) is 12.2 Å². The van der Waals surface area contributed by atoms with Crippen molar-refractivity contribution in [2.75, 3.05) is 14.2 Å². The van der Waals surface area contributed by atoms with Crippen molar-refractivity contribution in [3.05, 3.63) is 12.7 Å². The Hall–Kier alpha value is -0.820. The van der Waals surface area contributed by atoms with Crippen LogP contribution in [0.25, 0.3) is 0 Å². The standard InChI is InChI=1S/C12H18O3/c1-6-9-8(3)15-10(7-2)12(14-5)11(9)13-4/h2,6,8-12H,1H2,3-5H3/t8?,9-,10-,11+,12-/m0/s1. The van der Waals surface area contributed by atoms with Crippen LogP contribution in [0.3, 0.4) is 0 Å². The molecule has 84 valence electrons. The van der Waals surface area contributed by atoms with Gasteiger partial charge in [0.25, 0.3) is 0 Å². The highest BCUT2D eigenvalue weighted by atomic mass is 16.6. The third-order valence-electron chi connectivity index (χ3n) is 2.89. The van der Waals surface area contributed by atoms with Gasteiger partial charge in [-0.05, 0) is 6.92 Å². The summed E-state index contributed by atoms with van der Waals surface area (Å²) in [4.78, 5) is 0. The third kappa shape index (κ3) is 2.23. The summed E-state index contributed by atoms with van der Waals surface area (Å²) in [5.74, 6) is 2.68. The Morgan fingerprint density at radius 1 is 1.33 bits per heavy atom. The van der Waals surface area contributed by atoms with Crippen LogP contribution in [0.1, 0.15) is 6.92 Å². The monoisotopic (exact) mass is 210 g/mol. The second kappa shape index (κ2) is 5.32. The SMILES string of the molecule is C#C[C@@H]1OC(C)[C@H](C=C)[C@@H](OC)[C@H]1OC. The van der Waals surface area contributed by atoms with Gasteiger partial charge in [0.2, 0.25) is 0 Å². The molecule has 3 heteroatoms. The lowest BCUT2D eigenvalue weighted by molar-refractivity contribution is -0.184. The first-order chi connectivity index (χ1) is 7.19. The molecule has 0 spiro atoms. The highest BCUT2D eigenvalue weighted by Gasteiger charge is 2.42. The largest absolute Gasteiger partial charge is 0.378 e. The predicted molar refractivity (Wildman–Crippen MR) is 58.4 cm³/mol. The summed E-state index contributed by atoms with van der Waals surface area (Å²) in [6.45, 7) is 5.75. The van der Waals surface area contributed by atoms with Crippen LogP contribution in [-0.4, -0.2) is 38.6 Å². The van der Waals surface area contributed by atoms with Crippen LogP contribution in [0, 0.1) is 18.3 Å². The van der Waals surface area contributed by atoms with E-state index in [0.29, 0.717) is 0 Å². The summed E-state index contributed by atoms with van der Waals surface area (Å²) in [5.41, 5.74) is 0. The predicted octanol–water partition coefficient (Wildman–Crippen LogP) is 1.24. The topological polar surface area (TPSA) is 27.7 Å². The maximum Gasteiger partial charge on any atom is 0.146 e. The van der Waals surface area contributed by atoms with E-state index >= 15 is 0 Å². The molecule has 0 aromatic carbocycles.